The molecule has 1 amide bonds. The van der Waals surface area contributed by atoms with Crippen LogP contribution in [0.5, 0.6) is 0 Å². The monoisotopic (exact) mass is 235 g/mol. The quantitative estimate of drug-likeness (QED) is 0.839. The molecule has 0 saturated carbocycles. The van der Waals surface area contributed by atoms with Gasteiger partial charge in [0.2, 0.25) is 5.91 Å². The summed E-state index contributed by atoms with van der Waals surface area (Å²) in [6.45, 7) is 4.68. The third-order valence-corrected chi connectivity index (χ3v) is 2.56. The van der Waals surface area contributed by atoms with Crippen LogP contribution in [-0.2, 0) is 11.3 Å². The second kappa shape index (κ2) is 6.35. The van der Waals surface area contributed by atoms with Gasteiger partial charge in [-0.15, -0.1) is 0 Å². The first-order chi connectivity index (χ1) is 8.00. The summed E-state index contributed by atoms with van der Waals surface area (Å²) in [5.74, 6) is 0.420. The Hall–Kier alpha value is -1.42. The van der Waals surface area contributed by atoms with Crippen molar-refractivity contribution in [2.24, 2.45) is 11.7 Å². The normalized spacial score (nSPS) is 12.5. The van der Waals surface area contributed by atoms with Crippen molar-refractivity contribution in [1.29, 1.82) is 0 Å². The van der Waals surface area contributed by atoms with Gasteiger partial charge in [0.25, 0.3) is 0 Å². The molecule has 0 aliphatic heterocycles. The fourth-order valence-corrected chi connectivity index (χ4v) is 1.74. The van der Waals surface area contributed by atoms with E-state index < -0.39 is 6.04 Å². The van der Waals surface area contributed by atoms with E-state index in [2.05, 4.69) is 18.8 Å². The second-order valence-electron chi connectivity index (χ2n) is 4.79. The van der Waals surface area contributed by atoms with Gasteiger partial charge in [0.05, 0.1) is 6.04 Å². The number of pyridine rings is 1. The van der Waals surface area contributed by atoms with Crippen LogP contribution >= 0.6 is 0 Å². The van der Waals surface area contributed by atoms with Gasteiger partial charge in [0.1, 0.15) is 0 Å². The van der Waals surface area contributed by atoms with E-state index in [1.54, 1.807) is 24.3 Å². The van der Waals surface area contributed by atoms with Gasteiger partial charge in [0.15, 0.2) is 0 Å². The van der Waals surface area contributed by atoms with Crippen molar-refractivity contribution in [2.45, 2.75) is 32.9 Å². The fourth-order valence-electron chi connectivity index (χ4n) is 1.74. The van der Waals surface area contributed by atoms with Crippen molar-refractivity contribution in [3.63, 3.8) is 0 Å². The Morgan fingerprint density at radius 2 is 2.24 bits per heavy atom. The van der Waals surface area contributed by atoms with Gasteiger partial charge in [-0.3, -0.25) is 9.78 Å². The summed E-state index contributed by atoms with van der Waals surface area (Å²) in [6, 6.07) is 3.41. The molecule has 0 aliphatic rings. The number of nitrogens with two attached hydrogens (primary N) is 1. The SMILES string of the molecule is CC(C)C[C@@H](N)C(=O)N(C)Cc1cccnc1. The molecule has 0 radical (unpaired) electrons. The lowest BCUT2D eigenvalue weighted by atomic mass is 10.0. The van der Waals surface area contributed by atoms with Gasteiger partial charge in [-0.05, 0) is 24.0 Å². The van der Waals surface area contributed by atoms with Crippen molar-refractivity contribution in [2.75, 3.05) is 7.05 Å². The molecule has 0 fully saturated rings. The lowest BCUT2D eigenvalue weighted by Crippen LogP contribution is -2.42. The van der Waals surface area contributed by atoms with E-state index in [9.17, 15) is 4.79 Å². The smallest absolute Gasteiger partial charge is 0.239 e. The maximum atomic E-state index is 12.0. The summed E-state index contributed by atoms with van der Waals surface area (Å²) in [6.07, 6.45) is 4.20. The Bertz CT molecular complexity index is 351. The summed E-state index contributed by atoms with van der Waals surface area (Å²) >= 11 is 0. The number of rotatable bonds is 5. The van der Waals surface area contributed by atoms with Crippen molar-refractivity contribution >= 4 is 5.91 Å². The van der Waals surface area contributed by atoms with Crippen LogP contribution in [-0.4, -0.2) is 28.9 Å². The van der Waals surface area contributed by atoms with Crippen LogP contribution in [0.3, 0.4) is 0 Å². The largest absolute Gasteiger partial charge is 0.340 e. The summed E-state index contributed by atoms with van der Waals surface area (Å²) in [5, 5.41) is 0. The number of hydrogen-bond donors (Lipinski definition) is 1. The molecule has 0 saturated heterocycles. The number of carbonyl (C=O) groups is 1. The van der Waals surface area contributed by atoms with Crippen molar-refractivity contribution in [3.8, 4) is 0 Å². The Morgan fingerprint density at radius 1 is 1.53 bits per heavy atom. The number of aromatic nitrogens is 1. The minimum Gasteiger partial charge on any atom is -0.340 e. The van der Waals surface area contributed by atoms with Crippen LogP contribution in [0.25, 0.3) is 0 Å². The number of likely N-dealkylation sites (N-methyl/N-ethyl adjacent to an activating group) is 1. The Kier molecular flexibility index (Phi) is 5.10. The fraction of sp³-hybridized carbons (Fsp3) is 0.538. The van der Waals surface area contributed by atoms with E-state index in [0.29, 0.717) is 12.5 Å². The number of hydrogen-bond acceptors (Lipinski definition) is 3. The zero-order chi connectivity index (χ0) is 12.8. The molecule has 1 aromatic rings. The summed E-state index contributed by atoms with van der Waals surface area (Å²) in [5.41, 5.74) is 6.88. The zero-order valence-corrected chi connectivity index (χ0v) is 10.8. The van der Waals surface area contributed by atoms with Gasteiger partial charge < -0.3 is 10.6 Å². The van der Waals surface area contributed by atoms with Crippen LogP contribution in [0.15, 0.2) is 24.5 Å². The average molecular weight is 235 g/mol. The van der Waals surface area contributed by atoms with Crippen molar-refractivity contribution in [3.05, 3.63) is 30.1 Å². The molecule has 1 aromatic heterocycles. The van der Waals surface area contributed by atoms with Gasteiger partial charge >= 0.3 is 0 Å². The first-order valence-electron chi connectivity index (χ1n) is 5.90. The maximum Gasteiger partial charge on any atom is 0.239 e. The standard InChI is InChI=1S/C13H21N3O/c1-10(2)7-12(14)13(17)16(3)9-11-5-4-6-15-8-11/h4-6,8,10,12H,7,9,14H2,1-3H3/t12-/m1/s1. The minimum absolute atomic E-state index is 0.0115. The van der Waals surface area contributed by atoms with Gasteiger partial charge in [-0.1, -0.05) is 19.9 Å². The van der Waals surface area contributed by atoms with E-state index in [-0.39, 0.29) is 5.91 Å². The first kappa shape index (κ1) is 13.6. The summed E-state index contributed by atoms with van der Waals surface area (Å²) in [7, 11) is 1.77. The molecule has 0 bridgehead atoms. The molecule has 2 N–H and O–H groups in total. The van der Waals surface area contributed by atoms with Crippen LogP contribution < -0.4 is 5.73 Å². The molecule has 0 unspecified atom stereocenters. The highest BCUT2D eigenvalue weighted by Crippen LogP contribution is 2.07. The van der Waals surface area contributed by atoms with Gasteiger partial charge in [0, 0.05) is 26.0 Å². The Morgan fingerprint density at radius 3 is 2.76 bits per heavy atom. The lowest BCUT2D eigenvalue weighted by Gasteiger charge is -2.22. The highest BCUT2D eigenvalue weighted by Gasteiger charge is 2.18. The minimum atomic E-state index is -0.406. The van der Waals surface area contributed by atoms with E-state index in [1.165, 1.54) is 0 Å². The van der Waals surface area contributed by atoms with Crippen LogP contribution in [0.2, 0.25) is 0 Å². The molecule has 4 nitrogen and oxygen atoms in total. The Balaban J connectivity index is 2.52. The molecule has 4 heteroatoms. The molecule has 1 rings (SSSR count). The molecular weight excluding hydrogens is 214 g/mol. The molecular formula is C13H21N3O. The zero-order valence-electron chi connectivity index (χ0n) is 10.8. The summed E-state index contributed by atoms with van der Waals surface area (Å²) < 4.78 is 0. The average Bonchev–Trinajstić information content (AvgIpc) is 2.28. The Labute approximate surface area is 103 Å². The summed E-state index contributed by atoms with van der Waals surface area (Å²) in [4.78, 5) is 17.6. The predicted octanol–water partition coefficient (Wildman–Crippen LogP) is 1.41. The third-order valence-electron chi connectivity index (χ3n) is 2.56. The number of carbonyl (C=O) groups excluding carboxylic acids is 1. The highest BCUT2D eigenvalue weighted by atomic mass is 16.2. The van der Waals surface area contributed by atoms with Gasteiger partial charge in [-0.2, -0.15) is 0 Å². The van der Waals surface area contributed by atoms with Crippen molar-refractivity contribution in [1.82, 2.24) is 9.88 Å². The number of nitrogens with zero attached hydrogens (tertiary/aromatic N) is 2. The van der Waals surface area contributed by atoms with E-state index >= 15 is 0 Å². The van der Waals surface area contributed by atoms with Crippen LogP contribution in [0.1, 0.15) is 25.8 Å². The number of amides is 1. The molecule has 17 heavy (non-hydrogen) atoms. The molecule has 94 valence electrons. The maximum absolute atomic E-state index is 12.0. The van der Waals surface area contributed by atoms with Gasteiger partial charge in [-0.25, -0.2) is 0 Å². The molecule has 1 heterocycles. The molecule has 0 spiro atoms. The topological polar surface area (TPSA) is 59.2 Å². The van der Waals surface area contributed by atoms with E-state index in [4.69, 9.17) is 5.73 Å². The molecule has 0 aromatic carbocycles. The third kappa shape index (κ3) is 4.53. The predicted molar refractivity (Wildman–Crippen MR) is 68.1 cm³/mol. The first-order valence-corrected chi connectivity index (χ1v) is 5.90. The van der Waals surface area contributed by atoms with E-state index in [1.807, 2.05) is 12.1 Å². The van der Waals surface area contributed by atoms with Crippen LogP contribution in [0.4, 0.5) is 0 Å². The van der Waals surface area contributed by atoms with E-state index in [0.717, 1.165) is 12.0 Å². The second-order valence-corrected chi connectivity index (χ2v) is 4.79. The molecule has 0 aliphatic carbocycles. The van der Waals surface area contributed by atoms with Crippen molar-refractivity contribution < 1.29 is 4.79 Å². The molecule has 1 atom stereocenters. The highest BCUT2D eigenvalue weighted by molar-refractivity contribution is 5.81. The van der Waals surface area contributed by atoms with Crippen LogP contribution in [0, 0.1) is 5.92 Å². The lowest BCUT2D eigenvalue weighted by molar-refractivity contribution is -0.132.